The Bertz CT molecular complexity index is 1150. The Hall–Kier alpha value is -3.47. The van der Waals surface area contributed by atoms with Crippen LogP contribution in [0, 0.1) is 20.8 Å². The molecule has 0 bridgehead atoms. The number of aryl methyl sites for hydroxylation is 3. The molecule has 0 fully saturated rings. The van der Waals surface area contributed by atoms with E-state index >= 15 is 0 Å². The third-order valence-electron chi connectivity index (χ3n) is 4.99. The van der Waals surface area contributed by atoms with Crippen molar-refractivity contribution in [3.63, 3.8) is 0 Å². The van der Waals surface area contributed by atoms with Crippen LogP contribution in [0.1, 0.15) is 44.3 Å². The van der Waals surface area contributed by atoms with Gasteiger partial charge in [-0.1, -0.05) is 30.3 Å². The van der Waals surface area contributed by atoms with Gasteiger partial charge >= 0.3 is 0 Å². The van der Waals surface area contributed by atoms with Crippen molar-refractivity contribution in [3.8, 4) is 0 Å². The molecule has 0 unspecified atom stereocenters. The molecule has 0 aliphatic carbocycles. The highest BCUT2D eigenvalue weighted by atomic mass is 16.2. The number of fused-ring (bicyclic) bond motifs is 1. The Morgan fingerprint density at radius 3 is 2.61 bits per heavy atom. The topological polar surface area (TPSA) is 59.3 Å². The van der Waals surface area contributed by atoms with E-state index in [1.165, 1.54) is 11.1 Å². The van der Waals surface area contributed by atoms with Gasteiger partial charge in [0.2, 0.25) is 0 Å². The van der Waals surface area contributed by atoms with Crippen LogP contribution in [0.25, 0.3) is 5.65 Å². The summed E-state index contributed by atoms with van der Waals surface area (Å²) >= 11 is 0. The van der Waals surface area contributed by atoms with E-state index in [9.17, 15) is 4.79 Å². The van der Waals surface area contributed by atoms with E-state index in [1.807, 2.05) is 47.9 Å². The molecule has 0 aliphatic heterocycles. The highest BCUT2D eigenvalue weighted by Gasteiger charge is 2.20. The first kappa shape index (κ1) is 17.9. The smallest absolute Gasteiger partial charge is 0.272 e. The molecule has 3 heterocycles. The van der Waals surface area contributed by atoms with Gasteiger partial charge in [-0.15, -0.1) is 0 Å². The third kappa shape index (κ3) is 3.51. The van der Waals surface area contributed by atoms with Crippen LogP contribution >= 0.6 is 0 Å². The maximum absolute atomic E-state index is 13.0. The first-order valence-corrected chi connectivity index (χ1v) is 9.24. The number of amides is 1. The van der Waals surface area contributed by atoms with Crippen molar-refractivity contribution >= 4 is 11.6 Å². The molecule has 140 valence electrons. The molecular weight excluding hydrogens is 348 g/mol. The first-order chi connectivity index (χ1) is 13.5. The van der Waals surface area contributed by atoms with Crippen LogP contribution in [0.2, 0.25) is 0 Å². The van der Waals surface area contributed by atoms with Crippen molar-refractivity contribution in [1.29, 1.82) is 0 Å². The quantitative estimate of drug-likeness (QED) is 0.586. The van der Waals surface area contributed by atoms with E-state index in [-0.39, 0.29) is 11.9 Å². The lowest BCUT2D eigenvalue weighted by atomic mass is 9.96. The molecule has 28 heavy (non-hydrogen) atoms. The van der Waals surface area contributed by atoms with Crippen molar-refractivity contribution in [2.24, 2.45) is 0 Å². The van der Waals surface area contributed by atoms with Gasteiger partial charge in [0.15, 0.2) is 0 Å². The van der Waals surface area contributed by atoms with E-state index in [1.54, 1.807) is 18.6 Å². The number of aromatic nitrogens is 3. The number of hydrogen-bond acceptors (Lipinski definition) is 3. The van der Waals surface area contributed by atoms with Gasteiger partial charge in [-0.25, -0.2) is 4.98 Å². The maximum Gasteiger partial charge on any atom is 0.272 e. The minimum absolute atomic E-state index is 0.214. The molecule has 4 aromatic rings. The van der Waals surface area contributed by atoms with E-state index in [0.717, 1.165) is 22.3 Å². The molecule has 4 rings (SSSR count). The first-order valence-electron chi connectivity index (χ1n) is 9.24. The number of nitrogens with zero attached hydrogens (tertiary/aromatic N) is 3. The molecular formula is C23H22N4O. The predicted molar refractivity (Wildman–Crippen MR) is 109 cm³/mol. The third-order valence-corrected chi connectivity index (χ3v) is 4.99. The van der Waals surface area contributed by atoms with E-state index in [0.29, 0.717) is 5.69 Å². The van der Waals surface area contributed by atoms with Crippen LogP contribution in [0.15, 0.2) is 67.3 Å². The van der Waals surface area contributed by atoms with Crippen molar-refractivity contribution in [1.82, 2.24) is 19.7 Å². The summed E-state index contributed by atoms with van der Waals surface area (Å²) in [4.78, 5) is 21.7. The largest absolute Gasteiger partial charge is 0.340 e. The molecule has 0 aliphatic rings. The SMILES string of the molecule is Cc1ccc2nc(C(=O)N[C@@H](c3cccnc3)c3ccc(C)c(C)c3)cn2c1. The zero-order valence-corrected chi connectivity index (χ0v) is 16.2. The van der Waals surface area contributed by atoms with Crippen LogP contribution in [-0.4, -0.2) is 20.3 Å². The predicted octanol–water partition coefficient (Wildman–Crippen LogP) is 4.17. The number of rotatable bonds is 4. The van der Waals surface area contributed by atoms with E-state index < -0.39 is 0 Å². The van der Waals surface area contributed by atoms with Gasteiger partial charge < -0.3 is 9.72 Å². The Balaban J connectivity index is 1.70. The number of nitrogens with one attached hydrogen (secondary N) is 1. The summed E-state index contributed by atoms with van der Waals surface area (Å²) in [6.07, 6.45) is 7.24. The number of carbonyl (C=O) groups excluding carboxylic acids is 1. The summed E-state index contributed by atoms with van der Waals surface area (Å²) in [7, 11) is 0. The zero-order chi connectivity index (χ0) is 19.7. The van der Waals surface area contributed by atoms with Crippen molar-refractivity contribution in [3.05, 3.63) is 101 Å². The monoisotopic (exact) mass is 370 g/mol. The summed E-state index contributed by atoms with van der Waals surface area (Å²) in [5, 5.41) is 3.13. The second kappa shape index (κ2) is 7.27. The van der Waals surface area contributed by atoms with Crippen molar-refractivity contribution < 1.29 is 4.79 Å². The van der Waals surface area contributed by atoms with E-state index in [4.69, 9.17) is 0 Å². The molecule has 0 saturated carbocycles. The molecule has 1 aromatic carbocycles. The summed E-state index contributed by atoms with van der Waals surface area (Å²) in [6, 6.07) is 13.7. The lowest BCUT2D eigenvalue weighted by Gasteiger charge is -2.20. The average Bonchev–Trinajstić information content (AvgIpc) is 3.12. The Morgan fingerprint density at radius 1 is 1.00 bits per heavy atom. The second-order valence-electron chi connectivity index (χ2n) is 7.13. The Morgan fingerprint density at radius 2 is 1.86 bits per heavy atom. The fourth-order valence-corrected chi connectivity index (χ4v) is 3.27. The minimum Gasteiger partial charge on any atom is -0.340 e. The maximum atomic E-state index is 13.0. The Labute approximate surface area is 164 Å². The molecule has 0 saturated heterocycles. The summed E-state index contributed by atoms with van der Waals surface area (Å²) < 4.78 is 1.87. The molecule has 3 aromatic heterocycles. The molecule has 5 nitrogen and oxygen atoms in total. The zero-order valence-electron chi connectivity index (χ0n) is 16.2. The van der Waals surface area contributed by atoms with Crippen LogP contribution in [0.4, 0.5) is 0 Å². The van der Waals surface area contributed by atoms with Gasteiger partial charge in [-0.3, -0.25) is 9.78 Å². The lowest BCUT2D eigenvalue weighted by molar-refractivity contribution is 0.0938. The van der Waals surface area contributed by atoms with Gasteiger partial charge in [0.1, 0.15) is 11.3 Å². The number of imidazole rings is 1. The Kier molecular flexibility index (Phi) is 4.65. The summed E-state index contributed by atoms with van der Waals surface area (Å²) in [5.41, 5.74) is 6.60. The average molecular weight is 370 g/mol. The van der Waals surface area contributed by atoms with Crippen molar-refractivity contribution in [2.45, 2.75) is 26.8 Å². The summed E-state index contributed by atoms with van der Waals surface area (Å²) in [6.45, 7) is 6.16. The van der Waals surface area contributed by atoms with Gasteiger partial charge in [-0.05, 0) is 60.7 Å². The molecule has 1 amide bonds. The molecule has 1 N–H and O–H groups in total. The molecule has 1 atom stereocenters. The van der Waals surface area contributed by atoms with Gasteiger partial charge in [0, 0.05) is 24.8 Å². The lowest BCUT2D eigenvalue weighted by Crippen LogP contribution is -2.29. The standard InChI is InChI=1S/C23H22N4O/c1-15-6-9-21-25-20(14-27(21)13-15)23(28)26-22(19-5-4-10-24-12-19)18-8-7-16(2)17(3)11-18/h4-14,22H,1-3H3,(H,26,28)/t22-/m1/s1. The normalized spacial score (nSPS) is 12.1. The number of carbonyl (C=O) groups is 1. The fourth-order valence-electron chi connectivity index (χ4n) is 3.27. The molecule has 0 radical (unpaired) electrons. The number of pyridine rings is 2. The van der Waals surface area contributed by atoms with Gasteiger partial charge in [-0.2, -0.15) is 0 Å². The van der Waals surface area contributed by atoms with Crippen LogP contribution in [0.3, 0.4) is 0 Å². The molecule has 0 spiro atoms. The van der Waals surface area contributed by atoms with Crippen LogP contribution in [0.5, 0.6) is 0 Å². The van der Waals surface area contributed by atoms with Crippen LogP contribution in [-0.2, 0) is 0 Å². The fraction of sp³-hybridized carbons (Fsp3) is 0.174. The summed E-state index contributed by atoms with van der Waals surface area (Å²) in [5.74, 6) is -0.214. The second-order valence-corrected chi connectivity index (χ2v) is 7.13. The number of benzene rings is 1. The highest BCUT2D eigenvalue weighted by molar-refractivity contribution is 5.93. The van der Waals surface area contributed by atoms with Gasteiger partial charge in [0.25, 0.3) is 5.91 Å². The number of hydrogen-bond donors (Lipinski definition) is 1. The van der Waals surface area contributed by atoms with Crippen molar-refractivity contribution in [2.75, 3.05) is 0 Å². The van der Waals surface area contributed by atoms with Gasteiger partial charge in [0.05, 0.1) is 6.04 Å². The molecule has 5 heteroatoms. The van der Waals surface area contributed by atoms with Crippen LogP contribution < -0.4 is 5.32 Å². The minimum atomic E-state index is -0.299. The van der Waals surface area contributed by atoms with E-state index in [2.05, 4.69) is 41.3 Å². The highest BCUT2D eigenvalue weighted by Crippen LogP contribution is 2.24.